The van der Waals surface area contributed by atoms with E-state index in [1.54, 1.807) is 54.0 Å². The van der Waals surface area contributed by atoms with Crippen LogP contribution in [-0.2, 0) is 50.0 Å². The Morgan fingerprint density at radius 3 is 2.40 bits per heavy atom. The molecular weight excluding hydrogens is 670 g/mol. The van der Waals surface area contributed by atoms with Crippen LogP contribution in [0, 0.1) is 5.92 Å². The van der Waals surface area contributed by atoms with Crippen LogP contribution in [0.4, 0.5) is 0 Å². The van der Waals surface area contributed by atoms with E-state index in [2.05, 4.69) is 36.9 Å². The number of benzene rings is 2. The summed E-state index contributed by atoms with van der Waals surface area (Å²) in [7, 11) is 1.66. The summed E-state index contributed by atoms with van der Waals surface area (Å²) in [4.78, 5) is 67.0. The number of carboxylic acids is 1. The van der Waals surface area contributed by atoms with Crippen molar-refractivity contribution >= 4 is 29.6 Å². The number of carboxylic acid groups (broad SMARTS) is 1. The van der Waals surface area contributed by atoms with E-state index in [1.807, 2.05) is 44.2 Å². The molecule has 6 N–H and O–H groups in total. The SMILES string of the molecule is CNC(C)C(=O)NC(C(=O)NCCN1CCn2cc(nn2)COc2ccc(cc2)CC(C(=O)O)NC(=O)C(Cc2ccccc2)NC(=O)C1)C(C)C. The molecule has 2 aromatic carbocycles. The maximum Gasteiger partial charge on any atom is 0.326 e. The molecule has 2 aliphatic rings. The molecule has 52 heavy (non-hydrogen) atoms. The highest BCUT2D eigenvalue weighted by Crippen LogP contribution is 2.16. The molecular formula is C36H49N9O7. The third kappa shape index (κ3) is 12.2. The van der Waals surface area contributed by atoms with Crippen molar-refractivity contribution in [2.75, 3.05) is 33.2 Å². The van der Waals surface area contributed by atoms with E-state index >= 15 is 0 Å². The van der Waals surface area contributed by atoms with E-state index in [-0.39, 0.29) is 56.8 Å². The predicted octanol–water partition coefficient (Wildman–Crippen LogP) is -0.123. The molecule has 4 atom stereocenters. The number of amides is 4. The lowest BCUT2D eigenvalue weighted by molar-refractivity contribution is -0.142. The summed E-state index contributed by atoms with van der Waals surface area (Å²) in [5, 5.41) is 32.3. The van der Waals surface area contributed by atoms with Crippen LogP contribution in [-0.4, -0.2) is 112 Å². The molecule has 3 heterocycles. The van der Waals surface area contributed by atoms with E-state index in [1.165, 1.54) is 0 Å². The fourth-order valence-electron chi connectivity index (χ4n) is 5.51. The highest BCUT2D eigenvalue weighted by Gasteiger charge is 2.29. The summed E-state index contributed by atoms with van der Waals surface area (Å²) < 4.78 is 7.49. The fraction of sp³-hybridized carbons (Fsp3) is 0.472. The molecule has 16 heteroatoms. The zero-order valence-electron chi connectivity index (χ0n) is 30.0. The van der Waals surface area contributed by atoms with Crippen LogP contribution in [0.25, 0.3) is 0 Å². The number of aromatic nitrogens is 3. The molecule has 0 aliphatic carbocycles. The van der Waals surface area contributed by atoms with Crippen LogP contribution < -0.4 is 31.3 Å². The van der Waals surface area contributed by atoms with Gasteiger partial charge in [0.05, 0.1) is 25.3 Å². The van der Waals surface area contributed by atoms with Crippen molar-refractivity contribution < 1.29 is 33.8 Å². The van der Waals surface area contributed by atoms with Gasteiger partial charge in [-0.2, -0.15) is 0 Å². The second kappa shape index (κ2) is 19.3. The van der Waals surface area contributed by atoms with Gasteiger partial charge in [-0.1, -0.05) is 61.5 Å². The zero-order valence-corrected chi connectivity index (χ0v) is 30.0. The Kier molecular flexibility index (Phi) is 14.6. The van der Waals surface area contributed by atoms with Gasteiger partial charge in [-0.25, -0.2) is 4.79 Å². The Bertz CT molecular complexity index is 1650. The zero-order chi connectivity index (χ0) is 37.6. The lowest BCUT2D eigenvalue weighted by Crippen LogP contribution is -2.55. The average Bonchev–Trinajstić information content (AvgIpc) is 3.58. The van der Waals surface area contributed by atoms with Crippen molar-refractivity contribution in [2.45, 2.75) is 70.9 Å². The molecule has 280 valence electrons. The van der Waals surface area contributed by atoms with Gasteiger partial charge >= 0.3 is 5.97 Å². The monoisotopic (exact) mass is 719 g/mol. The van der Waals surface area contributed by atoms with Crippen LogP contribution in [0.15, 0.2) is 60.8 Å². The number of hydrogen-bond donors (Lipinski definition) is 6. The van der Waals surface area contributed by atoms with Crippen molar-refractivity contribution in [1.82, 2.24) is 46.5 Å². The first-order valence-electron chi connectivity index (χ1n) is 17.4. The second-order valence-corrected chi connectivity index (χ2v) is 13.1. The van der Waals surface area contributed by atoms with Crippen LogP contribution in [0.2, 0.25) is 0 Å². The van der Waals surface area contributed by atoms with E-state index in [4.69, 9.17) is 4.74 Å². The number of carbonyl (C=O) groups excluding carboxylic acids is 4. The number of rotatable bonds is 11. The Morgan fingerprint density at radius 2 is 1.73 bits per heavy atom. The molecule has 0 spiro atoms. The maximum absolute atomic E-state index is 13.6. The highest BCUT2D eigenvalue weighted by atomic mass is 16.5. The van der Waals surface area contributed by atoms with Gasteiger partial charge in [-0.15, -0.1) is 5.10 Å². The van der Waals surface area contributed by atoms with Crippen LogP contribution >= 0.6 is 0 Å². The molecule has 1 aromatic heterocycles. The Morgan fingerprint density at radius 1 is 1.00 bits per heavy atom. The van der Waals surface area contributed by atoms with Gasteiger partial charge in [0.25, 0.3) is 0 Å². The minimum absolute atomic E-state index is 0.0110. The predicted molar refractivity (Wildman–Crippen MR) is 191 cm³/mol. The summed E-state index contributed by atoms with van der Waals surface area (Å²) in [6.07, 6.45) is 1.88. The first kappa shape index (κ1) is 39.4. The van der Waals surface area contributed by atoms with Gasteiger partial charge in [-0.3, -0.25) is 28.8 Å². The number of ether oxygens (including phenoxy) is 1. The number of aliphatic carboxylic acids is 1. The molecule has 4 bridgehead atoms. The first-order valence-corrected chi connectivity index (χ1v) is 17.4. The molecule has 16 nitrogen and oxygen atoms in total. The Labute approximate surface area is 303 Å². The van der Waals surface area contributed by atoms with Gasteiger partial charge < -0.3 is 36.4 Å². The highest BCUT2D eigenvalue weighted by molar-refractivity contribution is 5.91. The molecule has 0 radical (unpaired) electrons. The molecule has 5 rings (SSSR count). The molecule has 0 saturated heterocycles. The standard InChI is InChI=1S/C36H49N9O7/c1-23(2)32(41-33(47)24(3)37-4)35(49)38-14-15-44-16-17-45-20-27(42-43-45)22-52-28-12-10-26(11-13-28)19-30(36(50)51)40-34(48)29(39-31(46)21-44)18-25-8-6-5-7-9-25/h5-13,20,23-24,29-30,32,37H,14-19,21-22H2,1-4H3,(H,38,49)(H,39,46)(H,40,48)(H,41,47)(H,50,51). The van der Waals surface area contributed by atoms with Crippen molar-refractivity contribution in [3.63, 3.8) is 0 Å². The smallest absolute Gasteiger partial charge is 0.326 e. The third-order valence-electron chi connectivity index (χ3n) is 8.70. The first-order chi connectivity index (χ1) is 24.9. The summed E-state index contributed by atoms with van der Waals surface area (Å²) in [5.41, 5.74) is 2.03. The molecule has 0 fully saturated rings. The van der Waals surface area contributed by atoms with Crippen molar-refractivity contribution in [1.29, 1.82) is 0 Å². The van der Waals surface area contributed by atoms with E-state index in [0.29, 0.717) is 30.1 Å². The van der Waals surface area contributed by atoms with Gasteiger partial charge in [0.15, 0.2) is 0 Å². The van der Waals surface area contributed by atoms with E-state index in [0.717, 1.165) is 5.56 Å². The van der Waals surface area contributed by atoms with Crippen molar-refractivity contribution in [3.05, 3.63) is 77.6 Å². The lowest BCUT2D eigenvalue weighted by atomic mass is 10.0. The largest absolute Gasteiger partial charge is 0.487 e. The lowest BCUT2D eigenvalue weighted by Gasteiger charge is -2.26. The fourth-order valence-corrected chi connectivity index (χ4v) is 5.51. The number of nitrogens with zero attached hydrogens (tertiary/aromatic N) is 4. The number of likely N-dealkylation sites (N-methyl/N-ethyl adjacent to an activating group) is 1. The minimum Gasteiger partial charge on any atom is -0.487 e. The van der Waals surface area contributed by atoms with Crippen LogP contribution in [0.5, 0.6) is 5.75 Å². The molecule has 2 aliphatic heterocycles. The second-order valence-electron chi connectivity index (χ2n) is 13.1. The summed E-state index contributed by atoms with van der Waals surface area (Å²) in [6, 6.07) is 12.4. The Hall–Kier alpha value is -5.35. The Balaban J connectivity index is 1.54. The van der Waals surface area contributed by atoms with Gasteiger partial charge in [0.2, 0.25) is 23.6 Å². The van der Waals surface area contributed by atoms with Gasteiger partial charge in [-0.05, 0) is 43.1 Å². The normalized spacial score (nSPS) is 18.7. The van der Waals surface area contributed by atoms with Crippen molar-refractivity contribution in [2.24, 2.45) is 5.92 Å². The summed E-state index contributed by atoms with van der Waals surface area (Å²) in [6.45, 7) is 6.48. The number of fused-ring (bicyclic) bond motifs is 13. The number of nitrogens with one attached hydrogen (secondary N) is 5. The molecule has 3 aromatic rings. The van der Waals surface area contributed by atoms with Crippen LogP contribution in [0.3, 0.4) is 0 Å². The number of carbonyl (C=O) groups is 5. The van der Waals surface area contributed by atoms with E-state index in [9.17, 15) is 29.1 Å². The summed E-state index contributed by atoms with van der Waals surface area (Å²) >= 11 is 0. The molecule has 0 saturated carbocycles. The maximum atomic E-state index is 13.6. The van der Waals surface area contributed by atoms with Gasteiger partial charge in [0, 0.05) is 32.5 Å². The third-order valence-corrected chi connectivity index (χ3v) is 8.70. The van der Waals surface area contributed by atoms with Crippen LogP contribution in [0.1, 0.15) is 37.6 Å². The van der Waals surface area contributed by atoms with Gasteiger partial charge in [0.1, 0.15) is 36.2 Å². The average molecular weight is 720 g/mol. The summed E-state index contributed by atoms with van der Waals surface area (Å²) in [5.74, 6) is -2.60. The van der Waals surface area contributed by atoms with E-state index < -0.39 is 42.0 Å². The molecule has 4 unspecified atom stereocenters. The number of hydrogen-bond acceptors (Lipinski definition) is 10. The molecule has 4 amide bonds. The van der Waals surface area contributed by atoms with Crippen molar-refractivity contribution in [3.8, 4) is 5.75 Å². The quantitative estimate of drug-likeness (QED) is 0.144. The minimum atomic E-state index is -1.25. The topological polar surface area (TPSA) is 209 Å².